The number of hydrogen-bond acceptors (Lipinski definition) is 6. The predicted octanol–water partition coefficient (Wildman–Crippen LogP) is 24.4. The first kappa shape index (κ1) is 77.9. The summed E-state index contributed by atoms with van der Waals surface area (Å²) in [6, 6.07) is 0. The highest BCUT2D eigenvalue weighted by Crippen LogP contribution is 2.18. The van der Waals surface area contributed by atoms with Gasteiger partial charge in [0.15, 0.2) is 6.10 Å². The fourth-order valence-electron chi connectivity index (χ4n) is 10.4. The van der Waals surface area contributed by atoms with Crippen LogP contribution in [0.4, 0.5) is 0 Å². The summed E-state index contributed by atoms with van der Waals surface area (Å²) >= 11 is 0. The zero-order valence-corrected chi connectivity index (χ0v) is 54.1. The van der Waals surface area contributed by atoms with E-state index in [-0.39, 0.29) is 37.5 Å². The topological polar surface area (TPSA) is 78.9 Å². The van der Waals surface area contributed by atoms with E-state index in [0.717, 1.165) is 70.6 Å². The molecule has 0 aromatic heterocycles. The molecular weight excluding hydrogens is 997 g/mol. The predicted molar refractivity (Wildman–Crippen MR) is 353 cm³/mol. The van der Waals surface area contributed by atoms with Gasteiger partial charge in [0.05, 0.1) is 0 Å². The Balaban J connectivity index is 4.20. The lowest BCUT2D eigenvalue weighted by Crippen LogP contribution is -2.30. The van der Waals surface area contributed by atoms with Gasteiger partial charge in [-0.2, -0.15) is 0 Å². The Morgan fingerprint density at radius 1 is 0.259 bits per heavy atom. The molecule has 6 nitrogen and oxygen atoms in total. The largest absolute Gasteiger partial charge is 0.462 e. The van der Waals surface area contributed by atoms with Crippen LogP contribution in [0.15, 0.2) is 72.9 Å². The molecular formula is C75H134O6. The Bertz CT molecular complexity index is 1490. The Kier molecular flexibility index (Phi) is 66.6. The molecule has 0 aromatic rings. The van der Waals surface area contributed by atoms with Crippen LogP contribution in [0.2, 0.25) is 0 Å². The Hall–Kier alpha value is -3.15. The molecule has 1 atom stereocenters. The molecule has 0 aliphatic rings. The summed E-state index contributed by atoms with van der Waals surface area (Å²) < 4.78 is 16.9. The van der Waals surface area contributed by atoms with Crippen LogP contribution in [-0.4, -0.2) is 37.2 Å². The van der Waals surface area contributed by atoms with Crippen molar-refractivity contribution in [1.82, 2.24) is 0 Å². The highest BCUT2D eigenvalue weighted by atomic mass is 16.6. The van der Waals surface area contributed by atoms with Gasteiger partial charge in [-0.05, 0) is 77.0 Å². The summed E-state index contributed by atoms with van der Waals surface area (Å²) in [6.45, 7) is 6.51. The van der Waals surface area contributed by atoms with Crippen LogP contribution in [0.25, 0.3) is 0 Å². The molecule has 0 heterocycles. The molecule has 0 fully saturated rings. The summed E-state index contributed by atoms with van der Waals surface area (Å²) in [5, 5.41) is 0. The van der Waals surface area contributed by atoms with Crippen molar-refractivity contribution in [1.29, 1.82) is 0 Å². The molecule has 0 aromatic carbocycles. The van der Waals surface area contributed by atoms with E-state index in [4.69, 9.17) is 14.2 Å². The third-order valence-corrected chi connectivity index (χ3v) is 15.7. The summed E-state index contributed by atoms with van der Waals surface area (Å²) in [4.78, 5) is 38.3. The van der Waals surface area contributed by atoms with E-state index < -0.39 is 6.10 Å². The highest BCUT2D eigenvalue weighted by molar-refractivity contribution is 5.71. The molecule has 0 spiro atoms. The minimum Gasteiger partial charge on any atom is -0.462 e. The van der Waals surface area contributed by atoms with Crippen LogP contribution in [0.1, 0.15) is 367 Å². The van der Waals surface area contributed by atoms with Gasteiger partial charge in [-0.15, -0.1) is 0 Å². The summed E-state index contributed by atoms with van der Waals surface area (Å²) in [5.41, 5.74) is 0. The lowest BCUT2D eigenvalue weighted by molar-refractivity contribution is -0.166. The van der Waals surface area contributed by atoms with Crippen LogP contribution >= 0.6 is 0 Å². The lowest BCUT2D eigenvalue weighted by atomic mass is 10.0. The third kappa shape index (κ3) is 67.5. The second kappa shape index (κ2) is 69.3. The maximum atomic E-state index is 12.9. The first-order chi connectivity index (χ1) is 40.0. The Labute approximate surface area is 503 Å². The number of hydrogen-bond donors (Lipinski definition) is 0. The molecule has 0 bridgehead atoms. The monoisotopic (exact) mass is 1130 g/mol. The fourth-order valence-corrected chi connectivity index (χ4v) is 10.4. The fraction of sp³-hybridized carbons (Fsp3) is 0.800. The number of rotatable bonds is 65. The molecule has 81 heavy (non-hydrogen) atoms. The molecule has 0 rings (SSSR count). The summed E-state index contributed by atoms with van der Waals surface area (Å²) in [6.07, 6.45) is 91.1. The Morgan fingerprint density at radius 3 is 0.827 bits per heavy atom. The molecule has 470 valence electrons. The molecule has 0 aliphatic carbocycles. The normalized spacial score (nSPS) is 12.5. The van der Waals surface area contributed by atoms with E-state index in [1.807, 2.05) is 6.08 Å². The summed E-state index contributed by atoms with van der Waals surface area (Å²) in [7, 11) is 0. The van der Waals surface area contributed by atoms with Gasteiger partial charge in [-0.3, -0.25) is 14.4 Å². The van der Waals surface area contributed by atoms with Crippen molar-refractivity contribution < 1.29 is 28.6 Å². The van der Waals surface area contributed by atoms with Gasteiger partial charge in [0.25, 0.3) is 0 Å². The van der Waals surface area contributed by atoms with E-state index >= 15 is 0 Å². The minimum atomic E-state index is -0.802. The quantitative estimate of drug-likeness (QED) is 0.0261. The number of carbonyl (C=O) groups excluding carboxylic acids is 3. The number of allylic oxidation sites excluding steroid dienone is 12. The van der Waals surface area contributed by atoms with E-state index in [2.05, 4.69) is 87.6 Å². The Morgan fingerprint density at radius 2 is 0.506 bits per heavy atom. The van der Waals surface area contributed by atoms with Crippen molar-refractivity contribution in [2.24, 2.45) is 0 Å². The van der Waals surface area contributed by atoms with Gasteiger partial charge in [0, 0.05) is 19.3 Å². The smallest absolute Gasteiger partial charge is 0.306 e. The van der Waals surface area contributed by atoms with Crippen LogP contribution < -0.4 is 0 Å². The number of unbranched alkanes of at least 4 members (excludes halogenated alkanes) is 42. The third-order valence-electron chi connectivity index (χ3n) is 15.7. The van der Waals surface area contributed by atoms with Crippen molar-refractivity contribution in [3.8, 4) is 0 Å². The second-order valence-corrected chi connectivity index (χ2v) is 23.8. The molecule has 0 amide bonds. The highest BCUT2D eigenvalue weighted by Gasteiger charge is 2.19. The maximum absolute atomic E-state index is 12.9. The molecule has 0 saturated heterocycles. The maximum Gasteiger partial charge on any atom is 0.306 e. The van der Waals surface area contributed by atoms with Crippen LogP contribution in [-0.2, 0) is 28.6 Å². The van der Waals surface area contributed by atoms with Gasteiger partial charge >= 0.3 is 17.9 Å². The van der Waals surface area contributed by atoms with Crippen LogP contribution in [0, 0.1) is 0 Å². The number of esters is 3. The zero-order valence-electron chi connectivity index (χ0n) is 54.1. The van der Waals surface area contributed by atoms with Crippen LogP contribution in [0.5, 0.6) is 0 Å². The van der Waals surface area contributed by atoms with E-state index in [1.165, 1.54) is 250 Å². The average Bonchev–Trinajstić information content (AvgIpc) is 3.46. The summed E-state index contributed by atoms with van der Waals surface area (Å²) in [5.74, 6) is -0.956. The van der Waals surface area contributed by atoms with Gasteiger partial charge < -0.3 is 14.2 Å². The van der Waals surface area contributed by atoms with Crippen molar-refractivity contribution in [3.63, 3.8) is 0 Å². The SMILES string of the molecule is CC/C=C\C/C=C\C/C=C\C/C=C\CCC(=O)OCC(COC(=O)CCCCCCCCCCCCCCCCCCCCC/C=C\C/C=C\CCCCCCC)OC(=O)CCCCCCCCCCCCCCCCCCCCC. The first-order valence-electron chi connectivity index (χ1n) is 35.4. The molecule has 0 saturated carbocycles. The number of carbonyl (C=O) groups is 3. The molecule has 0 radical (unpaired) electrons. The molecule has 0 aliphatic heterocycles. The minimum absolute atomic E-state index is 0.0925. The van der Waals surface area contributed by atoms with Gasteiger partial charge in [0.2, 0.25) is 0 Å². The van der Waals surface area contributed by atoms with Crippen molar-refractivity contribution in [2.45, 2.75) is 374 Å². The van der Waals surface area contributed by atoms with Crippen molar-refractivity contribution >= 4 is 17.9 Å². The lowest BCUT2D eigenvalue weighted by Gasteiger charge is -2.18. The number of ether oxygens (including phenoxy) is 3. The van der Waals surface area contributed by atoms with Crippen molar-refractivity contribution in [3.05, 3.63) is 72.9 Å². The van der Waals surface area contributed by atoms with E-state index in [1.54, 1.807) is 0 Å². The average molecular weight is 1130 g/mol. The molecule has 6 heteroatoms. The van der Waals surface area contributed by atoms with E-state index in [0.29, 0.717) is 19.3 Å². The zero-order chi connectivity index (χ0) is 58.5. The standard InChI is InChI=1S/C75H134O6/c1-4-7-10-13-16-19-22-25-27-29-31-32-33-34-35-36-37-38-39-40-41-42-44-45-47-50-53-56-59-62-65-68-74(77)80-71-72(70-79-73(76)67-64-61-58-55-52-49-24-21-18-15-12-9-6-3)81-75(78)69-66-63-60-57-54-51-48-46-43-30-28-26-23-20-17-14-11-8-5-2/h9,12,18,21-22,25,29,31,49,52,58,61,72H,4-8,10-11,13-17,19-20,23-24,26-28,30,32-48,50-51,53-57,59-60,62-71H2,1-3H3/b12-9-,21-18-,25-22-,31-29-,52-49-,61-58-. The second-order valence-electron chi connectivity index (χ2n) is 23.8. The van der Waals surface area contributed by atoms with Crippen LogP contribution in [0.3, 0.4) is 0 Å². The molecule has 1 unspecified atom stereocenters. The van der Waals surface area contributed by atoms with Gasteiger partial charge in [0.1, 0.15) is 13.2 Å². The van der Waals surface area contributed by atoms with Crippen molar-refractivity contribution in [2.75, 3.05) is 13.2 Å². The van der Waals surface area contributed by atoms with Gasteiger partial charge in [-0.1, -0.05) is 344 Å². The molecule has 0 N–H and O–H groups in total. The first-order valence-corrected chi connectivity index (χ1v) is 35.4. The van der Waals surface area contributed by atoms with Gasteiger partial charge in [-0.25, -0.2) is 0 Å². The van der Waals surface area contributed by atoms with E-state index in [9.17, 15) is 14.4 Å².